The van der Waals surface area contributed by atoms with Crippen molar-refractivity contribution >= 4 is 12.1 Å². The molecule has 0 atom stereocenters. The van der Waals surface area contributed by atoms with Crippen molar-refractivity contribution in [2.45, 2.75) is 0 Å². The van der Waals surface area contributed by atoms with E-state index in [1.165, 1.54) is 0 Å². The van der Waals surface area contributed by atoms with Crippen LogP contribution in [-0.4, -0.2) is 24.2 Å². The van der Waals surface area contributed by atoms with Crippen LogP contribution in [0.15, 0.2) is 96.1 Å². The number of aromatic nitrogens is 1. The van der Waals surface area contributed by atoms with Crippen molar-refractivity contribution in [1.82, 2.24) is 10.4 Å². The van der Waals surface area contributed by atoms with E-state index in [4.69, 9.17) is 4.74 Å². The molecule has 5 heteroatoms. The zero-order chi connectivity index (χ0) is 20.8. The Bertz CT molecular complexity index is 1150. The van der Waals surface area contributed by atoms with Crippen LogP contribution in [0.3, 0.4) is 0 Å². The lowest BCUT2D eigenvalue weighted by Crippen LogP contribution is -2.18. The van der Waals surface area contributed by atoms with Crippen LogP contribution in [-0.2, 0) is 0 Å². The van der Waals surface area contributed by atoms with E-state index >= 15 is 0 Å². The van der Waals surface area contributed by atoms with Gasteiger partial charge in [-0.1, -0.05) is 60.7 Å². The molecule has 0 aliphatic heterocycles. The van der Waals surface area contributed by atoms with Crippen LogP contribution in [0.25, 0.3) is 22.4 Å². The molecular weight excluding hydrogens is 374 g/mol. The van der Waals surface area contributed by atoms with E-state index in [9.17, 15) is 4.79 Å². The molecule has 0 aliphatic carbocycles. The number of nitrogens with one attached hydrogen (secondary N) is 2. The summed E-state index contributed by atoms with van der Waals surface area (Å²) in [5.41, 5.74) is 7.61. The van der Waals surface area contributed by atoms with Gasteiger partial charge < -0.3 is 9.72 Å². The monoisotopic (exact) mass is 395 g/mol. The molecule has 2 N–H and O–H groups in total. The number of ether oxygens (including phenoxy) is 1. The Balaban J connectivity index is 1.60. The maximum absolute atomic E-state index is 12.9. The van der Waals surface area contributed by atoms with Crippen LogP contribution in [0.2, 0.25) is 0 Å². The Labute approximate surface area is 175 Å². The lowest BCUT2D eigenvalue weighted by Gasteiger charge is -2.03. The van der Waals surface area contributed by atoms with Gasteiger partial charge in [-0.15, -0.1) is 0 Å². The number of amides is 1. The highest BCUT2D eigenvalue weighted by Crippen LogP contribution is 2.29. The van der Waals surface area contributed by atoms with Gasteiger partial charge in [0.05, 0.1) is 13.3 Å². The fourth-order valence-electron chi connectivity index (χ4n) is 3.16. The summed E-state index contributed by atoms with van der Waals surface area (Å²) in [5, 5.41) is 4.10. The summed E-state index contributed by atoms with van der Waals surface area (Å²) in [6.07, 6.45) is 1.60. The second-order valence-electron chi connectivity index (χ2n) is 6.68. The van der Waals surface area contributed by atoms with Gasteiger partial charge in [-0.3, -0.25) is 4.79 Å². The Hall–Kier alpha value is -4.12. The number of hydrogen-bond acceptors (Lipinski definition) is 3. The van der Waals surface area contributed by atoms with Crippen molar-refractivity contribution in [2.75, 3.05) is 7.11 Å². The van der Waals surface area contributed by atoms with Crippen LogP contribution < -0.4 is 10.2 Å². The Morgan fingerprint density at radius 1 is 0.900 bits per heavy atom. The van der Waals surface area contributed by atoms with E-state index < -0.39 is 0 Å². The number of carbonyl (C=O) groups is 1. The number of nitrogens with zero attached hydrogens (tertiary/aromatic N) is 1. The fourth-order valence-corrected chi connectivity index (χ4v) is 3.16. The SMILES string of the molecule is COc1ccc(/C=N/NC(=O)c2[nH]c(-c3ccccc3)cc2-c2ccccc2)cc1. The largest absolute Gasteiger partial charge is 0.497 e. The molecule has 0 unspecified atom stereocenters. The van der Waals surface area contributed by atoms with Crippen LogP contribution in [0.5, 0.6) is 5.75 Å². The predicted molar refractivity (Wildman–Crippen MR) is 120 cm³/mol. The first-order valence-electron chi connectivity index (χ1n) is 9.56. The highest BCUT2D eigenvalue weighted by atomic mass is 16.5. The van der Waals surface area contributed by atoms with Crippen molar-refractivity contribution in [3.8, 4) is 28.1 Å². The number of H-pyrrole nitrogens is 1. The van der Waals surface area contributed by atoms with Crippen LogP contribution in [0, 0.1) is 0 Å². The molecule has 0 saturated heterocycles. The number of hydrogen-bond donors (Lipinski definition) is 2. The van der Waals surface area contributed by atoms with Gasteiger partial charge in [-0.05, 0) is 47.0 Å². The molecule has 0 radical (unpaired) electrons. The first-order valence-corrected chi connectivity index (χ1v) is 9.56. The summed E-state index contributed by atoms with van der Waals surface area (Å²) >= 11 is 0. The number of rotatable bonds is 6. The Morgan fingerprint density at radius 2 is 1.53 bits per heavy atom. The lowest BCUT2D eigenvalue weighted by molar-refractivity contribution is 0.0951. The topological polar surface area (TPSA) is 66.5 Å². The summed E-state index contributed by atoms with van der Waals surface area (Å²) in [7, 11) is 1.62. The molecule has 1 aromatic heterocycles. The van der Waals surface area contributed by atoms with Crippen LogP contribution in [0.1, 0.15) is 16.1 Å². The summed E-state index contributed by atoms with van der Waals surface area (Å²) in [4.78, 5) is 16.2. The van der Waals surface area contributed by atoms with E-state index in [-0.39, 0.29) is 5.91 Å². The van der Waals surface area contributed by atoms with Crippen molar-refractivity contribution < 1.29 is 9.53 Å². The van der Waals surface area contributed by atoms with Gasteiger partial charge >= 0.3 is 0 Å². The Morgan fingerprint density at radius 3 is 2.17 bits per heavy atom. The van der Waals surface area contributed by atoms with Gasteiger partial charge in [-0.2, -0.15) is 5.10 Å². The molecule has 0 fully saturated rings. The van der Waals surface area contributed by atoms with E-state index in [0.29, 0.717) is 5.69 Å². The van der Waals surface area contributed by atoms with Gasteiger partial charge in [0.25, 0.3) is 5.91 Å². The van der Waals surface area contributed by atoms with Crippen LogP contribution >= 0.6 is 0 Å². The number of methoxy groups -OCH3 is 1. The van der Waals surface area contributed by atoms with Crippen LogP contribution in [0.4, 0.5) is 0 Å². The standard InChI is InChI=1S/C25H21N3O2/c1-30-21-14-12-18(13-15-21)17-26-28-25(29)24-22(19-8-4-2-5-9-19)16-23(27-24)20-10-6-3-7-11-20/h2-17,27H,1H3,(H,28,29)/b26-17+. The number of hydrazone groups is 1. The van der Waals surface area contributed by atoms with Crippen molar-refractivity contribution in [3.05, 3.63) is 102 Å². The zero-order valence-electron chi connectivity index (χ0n) is 16.5. The molecule has 0 bridgehead atoms. The molecule has 30 heavy (non-hydrogen) atoms. The molecule has 4 aromatic rings. The Kier molecular flexibility index (Phi) is 5.71. The third kappa shape index (κ3) is 4.31. The maximum atomic E-state index is 12.9. The van der Waals surface area contributed by atoms with Crippen molar-refractivity contribution in [2.24, 2.45) is 5.10 Å². The van der Waals surface area contributed by atoms with E-state index in [1.54, 1.807) is 13.3 Å². The van der Waals surface area contributed by atoms with Gasteiger partial charge in [0, 0.05) is 11.3 Å². The molecule has 0 saturated carbocycles. The zero-order valence-corrected chi connectivity index (χ0v) is 16.5. The molecule has 3 aromatic carbocycles. The molecule has 0 aliphatic rings. The van der Waals surface area contributed by atoms with Gasteiger partial charge in [0.15, 0.2) is 0 Å². The quantitative estimate of drug-likeness (QED) is 0.351. The molecular formula is C25H21N3O2. The minimum Gasteiger partial charge on any atom is -0.497 e. The second-order valence-corrected chi connectivity index (χ2v) is 6.68. The number of carbonyl (C=O) groups excluding carboxylic acids is 1. The second kappa shape index (κ2) is 8.92. The summed E-state index contributed by atoms with van der Waals surface area (Å²) in [6, 6.07) is 29.1. The molecule has 1 amide bonds. The molecule has 5 nitrogen and oxygen atoms in total. The average Bonchev–Trinajstić information content (AvgIpc) is 3.26. The third-order valence-electron chi connectivity index (χ3n) is 4.71. The molecule has 0 spiro atoms. The smallest absolute Gasteiger partial charge is 0.288 e. The first kappa shape index (κ1) is 19.2. The van der Waals surface area contributed by atoms with E-state index in [0.717, 1.165) is 33.7 Å². The minimum atomic E-state index is -0.305. The number of benzene rings is 3. The van der Waals surface area contributed by atoms with Gasteiger partial charge in [-0.25, -0.2) is 5.43 Å². The van der Waals surface area contributed by atoms with E-state index in [1.807, 2.05) is 91.0 Å². The molecule has 1 heterocycles. The fraction of sp³-hybridized carbons (Fsp3) is 0.0400. The molecule has 4 rings (SSSR count). The minimum absolute atomic E-state index is 0.305. The average molecular weight is 395 g/mol. The highest BCUT2D eigenvalue weighted by Gasteiger charge is 2.17. The van der Waals surface area contributed by atoms with E-state index in [2.05, 4.69) is 15.5 Å². The van der Waals surface area contributed by atoms with Gasteiger partial charge in [0.2, 0.25) is 0 Å². The third-order valence-corrected chi connectivity index (χ3v) is 4.71. The van der Waals surface area contributed by atoms with Crippen molar-refractivity contribution in [1.29, 1.82) is 0 Å². The first-order chi connectivity index (χ1) is 14.7. The normalized spacial score (nSPS) is 10.8. The summed E-state index contributed by atoms with van der Waals surface area (Å²) in [5.74, 6) is 0.462. The lowest BCUT2D eigenvalue weighted by atomic mass is 10.0. The summed E-state index contributed by atoms with van der Waals surface area (Å²) in [6.45, 7) is 0. The summed E-state index contributed by atoms with van der Waals surface area (Å²) < 4.78 is 5.15. The predicted octanol–water partition coefficient (Wildman–Crippen LogP) is 5.12. The number of aromatic amines is 1. The van der Waals surface area contributed by atoms with Gasteiger partial charge in [0.1, 0.15) is 11.4 Å². The highest BCUT2D eigenvalue weighted by molar-refractivity contribution is 6.01. The van der Waals surface area contributed by atoms with Crippen molar-refractivity contribution in [3.63, 3.8) is 0 Å². The molecule has 148 valence electrons. The maximum Gasteiger partial charge on any atom is 0.288 e.